The summed E-state index contributed by atoms with van der Waals surface area (Å²) in [4.78, 5) is 0. The van der Waals surface area contributed by atoms with Gasteiger partial charge >= 0.3 is 92.4 Å². The number of aliphatic hydroxyl groups excluding tert-OH is 1. The summed E-state index contributed by atoms with van der Waals surface area (Å²) in [6.07, 6.45) is 17.3. The van der Waals surface area contributed by atoms with E-state index in [-0.39, 0.29) is 18.5 Å². The molecule has 1 spiro atoms. The van der Waals surface area contributed by atoms with Crippen LogP contribution in [-0.2, 0) is 53.0 Å². The zero-order valence-corrected chi connectivity index (χ0v) is 50.4. The molecule has 415 valence electrons. The Balaban J connectivity index is 0.000000469. The van der Waals surface area contributed by atoms with E-state index in [4.69, 9.17) is 33.2 Å². The Morgan fingerprint density at radius 2 is 1.23 bits per heavy atom. The molecule has 3 saturated heterocycles. The predicted molar refractivity (Wildman–Crippen MR) is 302 cm³/mol. The fourth-order valence-electron chi connectivity index (χ4n) is 16.1. The van der Waals surface area contributed by atoms with Gasteiger partial charge in [0.2, 0.25) is 0 Å². The van der Waals surface area contributed by atoms with Gasteiger partial charge in [0.05, 0.1) is 45.2 Å². The predicted octanol–water partition coefficient (Wildman–Crippen LogP) is 15.2. The molecule has 0 aromatic heterocycles. The summed E-state index contributed by atoms with van der Waals surface area (Å²) < 4.78 is 52.4. The van der Waals surface area contributed by atoms with Gasteiger partial charge in [-0.25, -0.2) is 0 Å². The zero-order valence-electron chi connectivity index (χ0n) is 47.5. The van der Waals surface area contributed by atoms with Crippen LogP contribution in [0.4, 0.5) is 0 Å². The Morgan fingerprint density at radius 1 is 0.640 bits per heavy atom. The molecular formula is C66H99O8Sn. The van der Waals surface area contributed by atoms with Crippen molar-refractivity contribution in [1.29, 1.82) is 0 Å². The fraction of sp³-hybridized carbons (Fsp3) is 0.727. The first-order valence-electron chi connectivity index (χ1n) is 30.6. The zero-order chi connectivity index (χ0) is 52.4. The second-order valence-corrected chi connectivity index (χ2v) is 33.9. The maximum absolute atomic E-state index is 12.0. The van der Waals surface area contributed by atoms with Gasteiger partial charge in [-0.3, -0.25) is 0 Å². The first-order valence-corrected chi connectivity index (χ1v) is 36.6. The number of hydrogen-bond acceptors (Lipinski definition) is 8. The Bertz CT molecular complexity index is 2100. The van der Waals surface area contributed by atoms with Gasteiger partial charge < -0.3 is 38.3 Å². The first-order chi connectivity index (χ1) is 36.5. The Kier molecular flexibility index (Phi) is 20.9. The number of unbranched alkanes of at least 4 members (excludes halogenated alkanes) is 3. The minimum Gasteiger partial charge on any atom is -0.387 e. The molecule has 75 heavy (non-hydrogen) atoms. The van der Waals surface area contributed by atoms with Gasteiger partial charge in [-0.2, -0.15) is 0 Å². The maximum Gasteiger partial charge on any atom is 0.187 e. The molecule has 3 aromatic carbocycles. The summed E-state index contributed by atoms with van der Waals surface area (Å²) >= 11 is -0.839. The standard InChI is InChI=1S/C54H72O8.3C4H9.Sn/c1-35-22-27-54(59-30-35)36(2)47-45(62-54)29-44-42-21-20-40-28-41(23-25-52(40,3)43(42)24-26-53(44,47)4)60-51-50(58-33-39-18-12-7-13-19-39)49(57-32-38-16-10-6-11-17-38)48(55)46(61-51)34-56-31-37-14-8-5-9-15-37;3*1-3-4-2;/h5-19,35-36,40-51,55H,20-34H2,1-4H3;3*1,3-4H2,2H3;/t35-,36+,40+,41+,42-,43+,44+,45+,46-,47+,48+,49+,50-,51-,52+,53+,54-;;;;/m1..../s1. The third-order valence-corrected chi connectivity index (χ3v) is 29.5. The molecule has 3 heterocycles. The normalized spacial score (nSPS) is 38.0. The van der Waals surface area contributed by atoms with E-state index in [0.29, 0.717) is 60.4 Å². The topological polar surface area (TPSA) is 84.8 Å². The summed E-state index contributed by atoms with van der Waals surface area (Å²) in [5.41, 5.74) is 3.77. The molecule has 9 heteroatoms. The molecule has 3 aliphatic heterocycles. The van der Waals surface area contributed by atoms with E-state index in [0.717, 1.165) is 66.7 Å². The van der Waals surface area contributed by atoms with Crippen molar-refractivity contribution < 1.29 is 38.3 Å². The van der Waals surface area contributed by atoms with Crippen molar-refractivity contribution >= 4 is 19.8 Å². The van der Waals surface area contributed by atoms with Crippen molar-refractivity contribution in [2.75, 3.05) is 13.2 Å². The minimum absolute atomic E-state index is 0.0247. The van der Waals surface area contributed by atoms with Crippen LogP contribution in [0.2, 0.25) is 13.3 Å². The molecular weight excluding hydrogens is 1040 g/mol. The van der Waals surface area contributed by atoms with Crippen LogP contribution >= 0.6 is 0 Å². The number of ether oxygens (including phenoxy) is 7. The molecule has 1 radical (unpaired) electrons. The molecule has 0 bridgehead atoms. The summed E-state index contributed by atoms with van der Waals surface area (Å²) in [7, 11) is 0. The van der Waals surface area contributed by atoms with Gasteiger partial charge in [-0.05, 0) is 121 Å². The Hall–Kier alpha value is -1.86. The Morgan fingerprint density at radius 3 is 1.81 bits per heavy atom. The van der Waals surface area contributed by atoms with Crippen molar-refractivity contribution in [3.8, 4) is 0 Å². The van der Waals surface area contributed by atoms with Crippen LogP contribution in [-0.4, -0.2) is 86.8 Å². The van der Waals surface area contributed by atoms with E-state index in [1.54, 1.807) is 13.3 Å². The van der Waals surface area contributed by atoms with E-state index in [2.05, 4.69) is 84.9 Å². The summed E-state index contributed by atoms with van der Waals surface area (Å²) in [5.74, 6) is 4.13. The molecule has 8 nitrogen and oxygen atoms in total. The number of aliphatic hydroxyl groups is 1. The van der Waals surface area contributed by atoms with Crippen LogP contribution < -0.4 is 0 Å². The average Bonchev–Trinajstić information content (AvgIpc) is 4.02. The van der Waals surface area contributed by atoms with E-state index in [1.807, 2.05) is 54.6 Å². The summed E-state index contributed by atoms with van der Waals surface area (Å²) in [6, 6.07) is 30.5. The van der Waals surface area contributed by atoms with Crippen LogP contribution in [0, 0.1) is 52.3 Å². The maximum atomic E-state index is 12.0. The van der Waals surface area contributed by atoms with Crippen molar-refractivity contribution in [2.24, 2.45) is 52.3 Å². The summed E-state index contributed by atoms with van der Waals surface area (Å²) in [5, 5.41) is 12.0. The quantitative estimate of drug-likeness (QED) is 0.0834. The van der Waals surface area contributed by atoms with Gasteiger partial charge in [0.1, 0.15) is 24.4 Å². The Labute approximate surface area is 461 Å². The van der Waals surface area contributed by atoms with Crippen molar-refractivity contribution in [3.63, 3.8) is 0 Å². The molecule has 10 rings (SSSR count). The van der Waals surface area contributed by atoms with Gasteiger partial charge in [-0.1, -0.05) is 119 Å². The van der Waals surface area contributed by atoms with Crippen molar-refractivity contribution in [2.45, 2.75) is 233 Å². The molecule has 4 saturated carbocycles. The second-order valence-electron chi connectivity index (χ2n) is 25.3. The molecule has 7 aliphatic rings. The third-order valence-electron chi connectivity index (χ3n) is 20.4. The van der Waals surface area contributed by atoms with Crippen molar-refractivity contribution in [1.82, 2.24) is 0 Å². The fourth-order valence-corrected chi connectivity index (χ4v) is 25.6. The molecule has 4 aliphatic carbocycles. The van der Waals surface area contributed by atoms with Gasteiger partial charge in [-0.15, -0.1) is 0 Å². The largest absolute Gasteiger partial charge is 0.387 e. The first kappa shape index (κ1) is 57.8. The molecule has 7 fully saturated rings. The van der Waals surface area contributed by atoms with E-state index in [9.17, 15) is 5.11 Å². The smallest absolute Gasteiger partial charge is 0.187 e. The molecule has 17 atom stereocenters. The third kappa shape index (κ3) is 13.5. The number of fused-ring (bicyclic) bond motifs is 7. The van der Waals surface area contributed by atoms with Gasteiger partial charge in [0.15, 0.2) is 12.1 Å². The van der Waals surface area contributed by atoms with Crippen LogP contribution in [0.5, 0.6) is 0 Å². The van der Waals surface area contributed by atoms with E-state index >= 15 is 0 Å². The summed E-state index contributed by atoms with van der Waals surface area (Å²) in [6.45, 7) is 19.2. The molecule has 1 N–H and O–H groups in total. The van der Waals surface area contributed by atoms with E-state index < -0.39 is 50.5 Å². The van der Waals surface area contributed by atoms with Crippen LogP contribution in [0.25, 0.3) is 0 Å². The SMILES string of the molecule is CCC[CH2][Sn]([CH2]CCC)[CH2]CCC.C[C@@H]1CC[C@@]2(OC1)O[C@H]1C[C@H]3[C@@H]4CC[C@H]5C[C@@H](O[C@@H]6O[C@H](COCc7ccccc7)[C@H](O)[C@H](OCc7ccccc7)[C@H]6OCc6ccccc6)CC[C@]5(C)[C@H]4CC[C@]3(C)[C@H]1[C@@H]2C. The van der Waals surface area contributed by atoms with E-state index in [1.165, 1.54) is 77.0 Å². The minimum atomic E-state index is -0.982. The second kappa shape index (κ2) is 27.1. The molecule has 3 aromatic rings. The average molecular weight is 1140 g/mol. The number of benzene rings is 3. The van der Waals surface area contributed by atoms with Crippen molar-refractivity contribution in [3.05, 3.63) is 108 Å². The number of rotatable bonds is 21. The van der Waals surface area contributed by atoms with Crippen LogP contribution in [0.15, 0.2) is 91.0 Å². The monoisotopic (exact) mass is 1140 g/mol. The molecule has 0 unspecified atom stereocenters. The molecule has 0 amide bonds. The number of hydrogen-bond donors (Lipinski definition) is 1. The van der Waals surface area contributed by atoms with Crippen LogP contribution in [0.3, 0.4) is 0 Å². The van der Waals surface area contributed by atoms with Crippen LogP contribution in [0.1, 0.15) is 168 Å². The van der Waals surface area contributed by atoms with Gasteiger partial charge in [0, 0.05) is 12.3 Å². The van der Waals surface area contributed by atoms with Gasteiger partial charge in [0.25, 0.3) is 0 Å².